The van der Waals surface area contributed by atoms with E-state index in [1.54, 1.807) is 22.3 Å². The third-order valence-corrected chi connectivity index (χ3v) is 14.7. The molecule has 0 aromatic heterocycles. The molecule has 2 saturated carbocycles. The van der Waals surface area contributed by atoms with E-state index in [4.69, 9.17) is 0 Å². The maximum Gasteiger partial charge on any atom is 0.0218 e. The summed E-state index contributed by atoms with van der Waals surface area (Å²) >= 11 is 0. The third kappa shape index (κ3) is 6.22. The van der Waals surface area contributed by atoms with E-state index < -0.39 is 0 Å². The Balaban J connectivity index is 1.21. The molecule has 2 fully saturated rings. The molecular weight excluding hydrogens is 601 g/mol. The van der Waals surface area contributed by atoms with Crippen molar-refractivity contribution in [3.63, 3.8) is 0 Å². The fourth-order valence-electron chi connectivity index (χ4n) is 12.0. The van der Waals surface area contributed by atoms with Crippen molar-refractivity contribution in [3.8, 4) is 22.3 Å². The summed E-state index contributed by atoms with van der Waals surface area (Å²) in [6.45, 7) is 4.83. The van der Waals surface area contributed by atoms with E-state index in [0.717, 1.165) is 23.7 Å². The summed E-state index contributed by atoms with van der Waals surface area (Å²) in [7, 11) is 0. The van der Waals surface area contributed by atoms with E-state index >= 15 is 0 Å². The standard InChI is InChI=1S/C50H62/c1-3-37-17-13-21-39(22-14-18-37)35-49(45-29-9-5-25-41(45)42-26-6-10-30-46(42)49)33-34-50(36-40-23-15-19-38(4-2)20-16-24-40)47-31-11-7-27-43(47)44-28-8-12-32-48(44)50/h5-12,25-32,37-40H,3-4,13-24,33-36H2,1-2H3. The van der Waals surface area contributed by atoms with Crippen LogP contribution in [0.25, 0.3) is 22.3 Å². The Morgan fingerprint density at radius 2 is 0.640 bits per heavy atom. The van der Waals surface area contributed by atoms with Gasteiger partial charge in [0.15, 0.2) is 0 Å². The van der Waals surface area contributed by atoms with Crippen molar-refractivity contribution >= 4 is 0 Å². The van der Waals surface area contributed by atoms with Gasteiger partial charge in [0.25, 0.3) is 0 Å². The third-order valence-electron chi connectivity index (χ3n) is 14.7. The predicted octanol–water partition coefficient (Wildman–Crippen LogP) is 14.5. The van der Waals surface area contributed by atoms with Gasteiger partial charge in [-0.25, -0.2) is 0 Å². The highest BCUT2D eigenvalue weighted by Gasteiger charge is 2.49. The molecule has 0 unspecified atom stereocenters. The first-order valence-electron chi connectivity index (χ1n) is 21.0. The highest BCUT2D eigenvalue weighted by atomic mass is 14.5. The van der Waals surface area contributed by atoms with Gasteiger partial charge in [0, 0.05) is 10.8 Å². The van der Waals surface area contributed by atoms with Gasteiger partial charge >= 0.3 is 0 Å². The molecule has 0 heterocycles. The summed E-state index contributed by atoms with van der Waals surface area (Å²) in [6.07, 6.45) is 24.8. The lowest BCUT2D eigenvalue weighted by Gasteiger charge is -2.42. The molecule has 0 radical (unpaired) electrons. The van der Waals surface area contributed by atoms with Crippen molar-refractivity contribution in [2.24, 2.45) is 23.7 Å². The summed E-state index contributed by atoms with van der Waals surface area (Å²) in [6, 6.07) is 38.4. The first kappa shape index (κ1) is 34.0. The minimum Gasteiger partial charge on any atom is -0.0651 e. The molecule has 8 rings (SSSR count). The van der Waals surface area contributed by atoms with Gasteiger partial charge in [-0.05, 0) is 93.9 Å². The van der Waals surface area contributed by atoms with Gasteiger partial charge in [0.05, 0.1) is 0 Å². The molecule has 0 heteroatoms. The SMILES string of the molecule is CCC1CCCC(CC2(CCC3(CC4CCCC(CC)CCC4)c4ccccc4-c4ccccc43)c3ccccc3-c3ccccc32)CCC1. The van der Waals surface area contributed by atoms with E-state index in [1.165, 1.54) is 138 Å². The van der Waals surface area contributed by atoms with Crippen LogP contribution in [0.15, 0.2) is 97.1 Å². The van der Waals surface area contributed by atoms with Crippen LogP contribution in [0.2, 0.25) is 0 Å². The number of hydrogen-bond acceptors (Lipinski definition) is 0. The second kappa shape index (κ2) is 14.9. The Labute approximate surface area is 304 Å². The number of hydrogen-bond donors (Lipinski definition) is 0. The second-order valence-corrected chi connectivity index (χ2v) is 17.3. The summed E-state index contributed by atoms with van der Waals surface area (Å²) in [4.78, 5) is 0. The molecule has 0 aliphatic heterocycles. The van der Waals surface area contributed by atoms with Crippen molar-refractivity contribution in [3.05, 3.63) is 119 Å². The molecule has 4 aliphatic rings. The maximum atomic E-state index is 2.54. The van der Waals surface area contributed by atoms with Gasteiger partial charge in [0.2, 0.25) is 0 Å². The van der Waals surface area contributed by atoms with Crippen molar-refractivity contribution < 1.29 is 0 Å². The molecule has 0 spiro atoms. The number of rotatable bonds is 9. The summed E-state index contributed by atoms with van der Waals surface area (Å²) in [5.74, 6) is 3.48. The van der Waals surface area contributed by atoms with Gasteiger partial charge in [-0.15, -0.1) is 0 Å². The van der Waals surface area contributed by atoms with E-state index in [1.807, 2.05) is 0 Å². The van der Waals surface area contributed by atoms with E-state index in [9.17, 15) is 0 Å². The van der Waals surface area contributed by atoms with Crippen LogP contribution in [-0.4, -0.2) is 0 Å². The van der Waals surface area contributed by atoms with Gasteiger partial charge in [0.1, 0.15) is 0 Å². The zero-order valence-electron chi connectivity index (χ0n) is 31.3. The average Bonchev–Trinajstić information content (AvgIpc) is 3.57. The van der Waals surface area contributed by atoms with Crippen LogP contribution in [0.1, 0.15) is 152 Å². The van der Waals surface area contributed by atoms with E-state index in [0.29, 0.717) is 0 Å². The molecule has 262 valence electrons. The van der Waals surface area contributed by atoms with Crippen molar-refractivity contribution in [2.75, 3.05) is 0 Å². The Bertz CT molecular complexity index is 1500. The van der Waals surface area contributed by atoms with E-state index in [2.05, 4.69) is 111 Å². The van der Waals surface area contributed by atoms with Crippen molar-refractivity contribution in [2.45, 2.75) is 140 Å². The molecule has 0 amide bonds. The van der Waals surface area contributed by atoms with Crippen molar-refractivity contribution in [1.82, 2.24) is 0 Å². The first-order chi connectivity index (χ1) is 24.6. The summed E-state index contributed by atoms with van der Waals surface area (Å²) < 4.78 is 0. The fourth-order valence-corrected chi connectivity index (χ4v) is 12.0. The number of benzene rings is 4. The highest BCUT2D eigenvalue weighted by Crippen LogP contribution is 2.60. The quantitative estimate of drug-likeness (QED) is 0.167. The van der Waals surface area contributed by atoms with Crippen LogP contribution in [0, 0.1) is 23.7 Å². The highest BCUT2D eigenvalue weighted by molar-refractivity contribution is 5.82. The van der Waals surface area contributed by atoms with Crippen molar-refractivity contribution in [1.29, 1.82) is 0 Å². The zero-order chi connectivity index (χ0) is 34.0. The lowest BCUT2D eigenvalue weighted by atomic mass is 9.61. The minimum absolute atomic E-state index is 0.0654. The number of fused-ring (bicyclic) bond motifs is 6. The lowest BCUT2D eigenvalue weighted by Crippen LogP contribution is -2.35. The largest absolute Gasteiger partial charge is 0.0651 e. The fraction of sp³-hybridized carbons (Fsp3) is 0.520. The Morgan fingerprint density at radius 1 is 0.380 bits per heavy atom. The van der Waals surface area contributed by atoms with Crippen LogP contribution in [0.5, 0.6) is 0 Å². The second-order valence-electron chi connectivity index (χ2n) is 17.3. The monoisotopic (exact) mass is 662 g/mol. The topological polar surface area (TPSA) is 0 Å². The summed E-state index contributed by atoms with van der Waals surface area (Å²) in [5.41, 5.74) is 12.7. The Morgan fingerprint density at radius 3 is 0.920 bits per heavy atom. The Kier molecular flexibility index (Phi) is 10.1. The average molecular weight is 663 g/mol. The van der Waals surface area contributed by atoms with Gasteiger partial charge in [-0.1, -0.05) is 201 Å². The molecule has 4 aliphatic carbocycles. The molecule has 4 aromatic rings. The smallest absolute Gasteiger partial charge is 0.0218 e. The van der Waals surface area contributed by atoms with Crippen LogP contribution >= 0.6 is 0 Å². The van der Waals surface area contributed by atoms with E-state index in [-0.39, 0.29) is 10.8 Å². The van der Waals surface area contributed by atoms with Gasteiger partial charge < -0.3 is 0 Å². The van der Waals surface area contributed by atoms with Crippen LogP contribution in [0.3, 0.4) is 0 Å². The molecule has 50 heavy (non-hydrogen) atoms. The molecule has 0 atom stereocenters. The summed E-state index contributed by atoms with van der Waals surface area (Å²) in [5, 5.41) is 0. The molecule has 0 N–H and O–H groups in total. The normalized spacial score (nSPS) is 25.2. The first-order valence-corrected chi connectivity index (χ1v) is 21.0. The molecule has 4 aromatic carbocycles. The Hall–Kier alpha value is -3.12. The van der Waals surface area contributed by atoms with Gasteiger partial charge in [-0.2, -0.15) is 0 Å². The minimum atomic E-state index is 0.0654. The maximum absolute atomic E-state index is 2.54. The molecule has 0 nitrogen and oxygen atoms in total. The molecular formula is C50H62. The molecule has 0 bridgehead atoms. The lowest BCUT2D eigenvalue weighted by molar-refractivity contribution is 0.231. The van der Waals surface area contributed by atoms with Crippen LogP contribution < -0.4 is 0 Å². The zero-order valence-corrected chi connectivity index (χ0v) is 31.3. The van der Waals surface area contributed by atoms with Crippen LogP contribution in [0.4, 0.5) is 0 Å². The molecule has 0 saturated heterocycles. The predicted molar refractivity (Wildman–Crippen MR) is 214 cm³/mol. The van der Waals surface area contributed by atoms with Crippen LogP contribution in [-0.2, 0) is 10.8 Å². The van der Waals surface area contributed by atoms with Gasteiger partial charge in [-0.3, -0.25) is 0 Å².